The Kier molecular flexibility index (Phi) is 5.25. The van der Waals surface area contributed by atoms with Crippen LogP contribution in [0.15, 0.2) is 39.0 Å². The van der Waals surface area contributed by atoms with Crippen molar-refractivity contribution in [3.8, 4) is 0 Å². The number of carbonyl (C=O) groups is 1. The molecular formula is C13H9BrF3NO4S2. The molecule has 11 heteroatoms. The van der Waals surface area contributed by atoms with E-state index < -0.39 is 32.6 Å². The minimum atomic E-state index is -4.59. The predicted molar refractivity (Wildman–Crippen MR) is 85.6 cm³/mol. The Morgan fingerprint density at radius 3 is 2.50 bits per heavy atom. The van der Waals surface area contributed by atoms with Gasteiger partial charge in [-0.25, -0.2) is 13.2 Å². The van der Waals surface area contributed by atoms with E-state index in [-0.39, 0.29) is 15.0 Å². The Morgan fingerprint density at radius 2 is 1.96 bits per heavy atom. The average molecular weight is 444 g/mol. The monoisotopic (exact) mass is 443 g/mol. The molecule has 2 aromatic rings. The summed E-state index contributed by atoms with van der Waals surface area (Å²) in [4.78, 5) is 11.2. The molecule has 0 spiro atoms. The Hall–Kier alpha value is -1.59. The van der Waals surface area contributed by atoms with Gasteiger partial charge in [0.2, 0.25) is 0 Å². The van der Waals surface area contributed by atoms with E-state index in [0.717, 1.165) is 24.5 Å². The number of ether oxygens (including phenoxy) is 1. The van der Waals surface area contributed by atoms with Crippen LogP contribution in [0, 0.1) is 0 Å². The molecule has 0 aliphatic heterocycles. The van der Waals surface area contributed by atoms with Crippen LogP contribution in [0.5, 0.6) is 0 Å². The van der Waals surface area contributed by atoms with E-state index in [2.05, 4.69) is 25.4 Å². The second-order valence-electron chi connectivity index (χ2n) is 4.40. The molecule has 0 saturated carbocycles. The predicted octanol–water partition coefficient (Wildman–Crippen LogP) is 4.12. The van der Waals surface area contributed by atoms with Crippen molar-refractivity contribution in [2.24, 2.45) is 0 Å². The quantitative estimate of drug-likeness (QED) is 0.721. The fourth-order valence-electron chi connectivity index (χ4n) is 1.74. The highest BCUT2D eigenvalue weighted by Crippen LogP contribution is 2.34. The lowest BCUT2D eigenvalue weighted by Gasteiger charge is -2.12. The lowest BCUT2D eigenvalue weighted by Crippen LogP contribution is -2.16. The third-order valence-corrected chi connectivity index (χ3v) is 6.07. The maximum Gasteiger partial charge on any atom is 0.416 e. The van der Waals surface area contributed by atoms with Crippen molar-refractivity contribution in [2.45, 2.75) is 11.1 Å². The van der Waals surface area contributed by atoms with E-state index in [1.54, 1.807) is 0 Å². The Balaban J connectivity index is 2.39. The summed E-state index contributed by atoms with van der Waals surface area (Å²) >= 11 is 3.80. The summed E-state index contributed by atoms with van der Waals surface area (Å²) in [7, 11) is -3.06. The molecule has 1 heterocycles. The van der Waals surface area contributed by atoms with Crippen LogP contribution in [0.1, 0.15) is 15.2 Å². The van der Waals surface area contributed by atoms with Crippen LogP contribution in [-0.4, -0.2) is 21.5 Å². The molecule has 0 atom stereocenters. The molecule has 5 nitrogen and oxygen atoms in total. The Labute approximate surface area is 147 Å². The van der Waals surface area contributed by atoms with Gasteiger partial charge in [0.15, 0.2) is 0 Å². The molecule has 1 N–H and O–H groups in total. The van der Waals surface area contributed by atoms with Crippen LogP contribution in [-0.2, 0) is 20.9 Å². The molecule has 0 amide bonds. The SMILES string of the molecule is COC(=O)c1sccc1NS(=O)(=O)c1ccc(C(F)(F)F)cc1Br. The van der Waals surface area contributed by atoms with Gasteiger partial charge in [-0.05, 0) is 45.6 Å². The van der Waals surface area contributed by atoms with Gasteiger partial charge in [0.1, 0.15) is 9.77 Å². The summed E-state index contributed by atoms with van der Waals surface area (Å²) < 4.78 is 69.1. The van der Waals surface area contributed by atoms with Crippen LogP contribution in [0.3, 0.4) is 0 Å². The molecule has 2 rings (SSSR count). The van der Waals surface area contributed by atoms with Crippen molar-refractivity contribution >= 4 is 48.9 Å². The molecule has 0 bridgehead atoms. The topological polar surface area (TPSA) is 72.5 Å². The largest absolute Gasteiger partial charge is 0.465 e. The van der Waals surface area contributed by atoms with E-state index in [1.807, 2.05) is 0 Å². The summed E-state index contributed by atoms with van der Waals surface area (Å²) in [5.41, 5.74) is -1.00. The molecule has 0 radical (unpaired) electrons. The van der Waals surface area contributed by atoms with Gasteiger partial charge in [-0.2, -0.15) is 13.2 Å². The number of hydrogen-bond acceptors (Lipinski definition) is 5. The van der Waals surface area contributed by atoms with Gasteiger partial charge in [-0.3, -0.25) is 4.72 Å². The molecular weight excluding hydrogens is 435 g/mol. The number of anilines is 1. The normalized spacial score (nSPS) is 12.0. The van der Waals surface area contributed by atoms with E-state index >= 15 is 0 Å². The summed E-state index contributed by atoms with van der Waals surface area (Å²) in [6.45, 7) is 0. The maximum atomic E-state index is 12.6. The first-order valence-electron chi connectivity index (χ1n) is 6.11. The zero-order valence-electron chi connectivity index (χ0n) is 11.8. The number of carbonyl (C=O) groups excluding carboxylic acids is 1. The van der Waals surface area contributed by atoms with Crippen LogP contribution in [0.4, 0.5) is 18.9 Å². The summed E-state index contributed by atoms with van der Waals surface area (Å²) in [5.74, 6) is -0.728. The van der Waals surface area contributed by atoms with Gasteiger partial charge in [0.05, 0.1) is 18.4 Å². The Morgan fingerprint density at radius 1 is 1.29 bits per heavy atom. The number of benzene rings is 1. The van der Waals surface area contributed by atoms with E-state index in [9.17, 15) is 26.4 Å². The maximum absolute atomic E-state index is 12.6. The van der Waals surface area contributed by atoms with Crippen LogP contribution >= 0.6 is 27.3 Å². The number of nitrogens with one attached hydrogen (secondary N) is 1. The zero-order valence-corrected chi connectivity index (χ0v) is 15.1. The zero-order chi connectivity index (χ0) is 18.1. The molecule has 0 fully saturated rings. The summed E-state index contributed by atoms with van der Waals surface area (Å²) in [6, 6.07) is 3.52. The van der Waals surface area contributed by atoms with Gasteiger partial charge in [0.25, 0.3) is 10.0 Å². The third-order valence-electron chi connectivity index (χ3n) is 2.83. The van der Waals surface area contributed by atoms with Crippen molar-refractivity contribution in [1.82, 2.24) is 0 Å². The second-order valence-corrected chi connectivity index (χ2v) is 7.82. The van der Waals surface area contributed by atoms with E-state index in [1.165, 1.54) is 11.4 Å². The number of alkyl halides is 3. The highest BCUT2D eigenvalue weighted by atomic mass is 79.9. The van der Waals surface area contributed by atoms with Crippen molar-refractivity contribution in [3.63, 3.8) is 0 Å². The highest BCUT2D eigenvalue weighted by Gasteiger charge is 2.32. The van der Waals surface area contributed by atoms with Crippen LogP contribution in [0.25, 0.3) is 0 Å². The second kappa shape index (κ2) is 6.73. The average Bonchev–Trinajstić information content (AvgIpc) is 2.92. The number of sulfonamides is 1. The first-order chi connectivity index (χ1) is 11.1. The molecule has 0 saturated heterocycles. The molecule has 130 valence electrons. The molecule has 0 aliphatic carbocycles. The van der Waals surface area contributed by atoms with Gasteiger partial charge < -0.3 is 4.74 Å². The summed E-state index contributed by atoms with van der Waals surface area (Å²) in [6.07, 6.45) is -4.59. The summed E-state index contributed by atoms with van der Waals surface area (Å²) in [5, 5.41) is 1.48. The van der Waals surface area contributed by atoms with Crippen molar-refractivity contribution < 1.29 is 31.1 Å². The lowest BCUT2D eigenvalue weighted by atomic mass is 10.2. The number of methoxy groups -OCH3 is 1. The fraction of sp³-hybridized carbons (Fsp3) is 0.154. The van der Waals surface area contributed by atoms with Gasteiger partial charge in [-0.1, -0.05) is 0 Å². The van der Waals surface area contributed by atoms with Gasteiger partial charge in [0, 0.05) is 4.47 Å². The number of halogens is 4. The fourth-order valence-corrected chi connectivity index (χ4v) is 4.72. The number of hydrogen-bond donors (Lipinski definition) is 1. The van der Waals surface area contributed by atoms with Crippen LogP contribution in [0.2, 0.25) is 0 Å². The minimum Gasteiger partial charge on any atom is -0.465 e. The third kappa shape index (κ3) is 3.90. The number of thiophene rings is 1. The molecule has 24 heavy (non-hydrogen) atoms. The van der Waals surface area contributed by atoms with Crippen molar-refractivity contribution in [3.05, 3.63) is 44.6 Å². The van der Waals surface area contributed by atoms with Crippen LogP contribution < -0.4 is 4.72 Å². The minimum absolute atomic E-state index is 0.0151. The molecule has 1 aromatic carbocycles. The first kappa shape index (κ1) is 18.7. The van der Waals surface area contributed by atoms with Gasteiger partial charge in [-0.15, -0.1) is 11.3 Å². The lowest BCUT2D eigenvalue weighted by molar-refractivity contribution is -0.137. The van der Waals surface area contributed by atoms with Crippen molar-refractivity contribution in [1.29, 1.82) is 0 Å². The highest BCUT2D eigenvalue weighted by molar-refractivity contribution is 9.10. The van der Waals surface area contributed by atoms with Gasteiger partial charge >= 0.3 is 12.1 Å². The van der Waals surface area contributed by atoms with E-state index in [0.29, 0.717) is 12.1 Å². The number of rotatable bonds is 4. The van der Waals surface area contributed by atoms with Crippen molar-refractivity contribution in [2.75, 3.05) is 11.8 Å². The molecule has 0 aliphatic rings. The molecule has 0 unspecified atom stereocenters. The van der Waals surface area contributed by atoms with E-state index in [4.69, 9.17) is 0 Å². The number of esters is 1. The Bertz CT molecular complexity index is 878. The first-order valence-corrected chi connectivity index (χ1v) is 9.27. The smallest absolute Gasteiger partial charge is 0.416 e. The molecule has 1 aromatic heterocycles. The standard InChI is InChI=1S/C13H9BrF3NO4S2/c1-22-12(19)11-9(4-5-23-11)18-24(20,21)10-3-2-7(6-8(10)14)13(15,16)17/h2-6,18H,1H3.